The molecule has 2 aromatic carbocycles. The Balaban J connectivity index is 1.53. The predicted octanol–water partition coefficient (Wildman–Crippen LogP) is 3.19. The molecule has 0 aliphatic carbocycles. The van der Waals surface area contributed by atoms with Gasteiger partial charge in [0.05, 0.1) is 16.9 Å². The summed E-state index contributed by atoms with van der Waals surface area (Å²) in [4.78, 5) is 14.0. The van der Waals surface area contributed by atoms with Crippen LogP contribution in [0.25, 0.3) is 0 Å². The molecule has 0 saturated carbocycles. The lowest BCUT2D eigenvalue weighted by Gasteiger charge is -2.35. The first-order valence-corrected chi connectivity index (χ1v) is 12.2. The van der Waals surface area contributed by atoms with Gasteiger partial charge in [0.2, 0.25) is 10.0 Å². The summed E-state index contributed by atoms with van der Waals surface area (Å²) >= 11 is 2.04. The minimum atomic E-state index is -4.43. The molecule has 6 nitrogen and oxygen atoms in total. The van der Waals surface area contributed by atoms with Crippen LogP contribution in [0.3, 0.4) is 0 Å². The molecule has 1 heterocycles. The van der Waals surface area contributed by atoms with Crippen molar-refractivity contribution in [3.63, 3.8) is 0 Å². The number of nitrogens with zero attached hydrogens (tertiary/aromatic N) is 2. The van der Waals surface area contributed by atoms with Crippen molar-refractivity contribution < 1.29 is 26.4 Å². The van der Waals surface area contributed by atoms with Gasteiger partial charge in [-0.3, -0.25) is 4.79 Å². The molecule has 1 saturated heterocycles. The smallest absolute Gasteiger partial charge is 0.369 e. The molecule has 0 unspecified atom stereocenters. The Morgan fingerprint density at radius 2 is 1.71 bits per heavy atom. The number of sulfonamides is 1. The van der Waals surface area contributed by atoms with E-state index in [1.807, 2.05) is 28.7 Å². The van der Waals surface area contributed by atoms with E-state index < -0.39 is 21.8 Å². The summed E-state index contributed by atoms with van der Waals surface area (Å²) < 4.78 is 66.1. The number of carbonyl (C=O) groups excluding carboxylic acids is 1. The van der Waals surface area contributed by atoms with E-state index in [-0.39, 0.29) is 44.4 Å². The number of amides is 1. The van der Waals surface area contributed by atoms with Crippen LogP contribution in [0.1, 0.15) is 15.9 Å². The maximum atomic E-state index is 12.9. The molecule has 1 amide bonds. The van der Waals surface area contributed by atoms with Gasteiger partial charge in [-0.05, 0) is 52.9 Å². The van der Waals surface area contributed by atoms with Gasteiger partial charge in [0.15, 0.2) is 0 Å². The zero-order chi connectivity index (χ0) is 22.6. The van der Waals surface area contributed by atoms with Gasteiger partial charge in [0.1, 0.15) is 0 Å². The second-order valence-electron chi connectivity index (χ2n) is 6.99. The lowest BCUT2D eigenvalue weighted by molar-refractivity contribution is -0.137. The van der Waals surface area contributed by atoms with E-state index in [1.54, 1.807) is 29.2 Å². The van der Waals surface area contributed by atoms with Crippen molar-refractivity contribution in [3.8, 4) is 0 Å². The van der Waals surface area contributed by atoms with E-state index in [2.05, 4.69) is 5.32 Å². The van der Waals surface area contributed by atoms with Gasteiger partial charge in [-0.15, -0.1) is 0 Å². The van der Waals surface area contributed by atoms with Gasteiger partial charge < -0.3 is 10.2 Å². The molecule has 0 radical (unpaired) electrons. The zero-order valence-electron chi connectivity index (χ0n) is 16.4. The van der Waals surface area contributed by atoms with Gasteiger partial charge >= 0.3 is 6.18 Å². The highest BCUT2D eigenvalue weighted by Gasteiger charge is 2.32. The van der Waals surface area contributed by atoms with Crippen LogP contribution in [-0.2, 0) is 16.2 Å². The largest absolute Gasteiger partial charge is 0.416 e. The summed E-state index contributed by atoms with van der Waals surface area (Å²) in [5.41, 5.74) is 0.163. The molecule has 168 valence electrons. The molecule has 31 heavy (non-hydrogen) atoms. The van der Waals surface area contributed by atoms with E-state index in [0.717, 1.165) is 15.7 Å². The molecule has 1 aliphatic heterocycles. The Hall–Kier alpha value is -1.86. The molecule has 2 aromatic rings. The van der Waals surface area contributed by atoms with E-state index in [4.69, 9.17) is 0 Å². The van der Waals surface area contributed by atoms with Gasteiger partial charge in [-0.2, -0.15) is 17.5 Å². The minimum Gasteiger partial charge on any atom is -0.369 e. The molecule has 0 spiro atoms. The van der Waals surface area contributed by atoms with Gasteiger partial charge in [0.25, 0.3) is 5.91 Å². The first-order valence-electron chi connectivity index (χ1n) is 9.51. The number of hydrogen-bond acceptors (Lipinski definition) is 4. The summed E-state index contributed by atoms with van der Waals surface area (Å²) in [5.74, 6) is -0.583. The van der Waals surface area contributed by atoms with Crippen LogP contribution in [0.15, 0.2) is 48.5 Å². The third-order valence-corrected chi connectivity index (χ3v) is 7.75. The molecule has 1 N–H and O–H groups in total. The van der Waals surface area contributed by atoms with Gasteiger partial charge in [-0.1, -0.05) is 18.2 Å². The Bertz CT molecular complexity index is 1040. The predicted molar refractivity (Wildman–Crippen MR) is 121 cm³/mol. The van der Waals surface area contributed by atoms with Crippen LogP contribution in [-0.4, -0.2) is 57.1 Å². The third-order valence-electron chi connectivity index (χ3n) is 4.93. The monoisotopic (exact) mass is 567 g/mol. The van der Waals surface area contributed by atoms with Crippen molar-refractivity contribution in [2.75, 3.05) is 43.4 Å². The second kappa shape index (κ2) is 9.74. The average molecular weight is 567 g/mol. The molecule has 1 aliphatic rings. The van der Waals surface area contributed by atoms with E-state index >= 15 is 0 Å². The highest BCUT2D eigenvalue weighted by atomic mass is 127. The van der Waals surface area contributed by atoms with Gasteiger partial charge in [0, 0.05) is 42.0 Å². The van der Waals surface area contributed by atoms with Crippen LogP contribution < -0.4 is 10.2 Å². The fraction of sp³-hybridized carbons (Fsp3) is 0.350. The molecule has 3 rings (SSSR count). The fourth-order valence-corrected chi connectivity index (χ4v) is 5.24. The average Bonchev–Trinajstić information content (AvgIpc) is 2.73. The molecule has 0 aromatic heterocycles. The highest BCUT2D eigenvalue weighted by molar-refractivity contribution is 14.1. The first kappa shape index (κ1) is 23.8. The third kappa shape index (κ3) is 6.10. The molecule has 0 atom stereocenters. The van der Waals surface area contributed by atoms with Crippen molar-refractivity contribution >= 4 is 44.2 Å². The fourth-order valence-electron chi connectivity index (χ4n) is 3.27. The number of benzene rings is 2. The number of carbonyl (C=O) groups is 1. The SMILES string of the molecule is O=C(NCCS(=O)(=O)N1CCN(c2cccc(C(F)(F)F)c2)CC1)c1ccccc1I. The number of anilines is 1. The zero-order valence-corrected chi connectivity index (χ0v) is 19.4. The first-order chi connectivity index (χ1) is 14.6. The van der Waals surface area contributed by atoms with Crippen LogP contribution in [0.5, 0.6) is 0 Å². The van der Waals surface area contributed by atoms with Crippen molar-refractivity contribution in [2.45, 2.75) is 6.18 Å². The number of alkyl halides is 3. The van der Waals surface area contributed by atoms with Crippen molar-refractivity contribution in [1.82, 2.24) is 9.62 Å². The molecule has 1 fully saturated rings. The number of nitrogens with one attached hydrogen (secondary N) is 1. The number of hydrogen-bond donors (Lipinski definition) is 1. The summed E-state index contributed by atoms with van der Waals surface area (Å²) in [6, 6.07) is 12.0. The molecular formula is C20H21F3IN3O3S. The van der Waals surface area contributed by atoms with Crippen LogP contribution >= 0.6 is 22.6 Å². The van der Waals surface area contributed by atoms with E-state index in [1.165, 1.54) is 10.4 Å². The summed E-state index contributed by atoms with van der Waals surface area (Å²) in [5, 5.41) is 2.62. The maximum absolute atomic E-state index is 12.9. The summed E-state index contributed by atoms with van der Waals surface area (Å²) in [6.07, 6.45) is -4.43. The second-order valence-corrected chi connectivity index (χ2v) is 10.2. The van der Waals surface area contributed by atoms with Crippen LogP contribution in [0, 0.1) is 3.57 Å². The standard InChI is InChI=1S/C20H21F3IN3O3S/c21-20(22,23)15-4-3-5-16(14-15)26-9-11-27(12-10-26)31(29,30)13-8-25-19(28)17-6-1-2-7-18(17)24/h1-7,14H,8-13H2,(H,25,28). The quantitative estimate of drug-likeness (QED) is 0.545. The summed E-state index contributed by atoms with van der Waals surface area (Å²) in [7, 11) is -3.60. The lowest BCUT2D eigenvalue weighted by atomic mass is 10.1. The van der Waals surface area contributed by atoms with Crippen molar-refractivity contribution in [3.05, 3.63) is 63.2 Å². The van der Waals surface area contributed by atoms with Crippen molar-refractivity contribution in [1.29, 1.82) is 0 Å². The summed E-state index contributed by atoms with van der Waals surface area (Å²) in [6.45, 7) is 0.885. The number of halogens is 4. The maximum Gasteiger partial charge on any atom is 0.416 e. The van der Waals surface area contributed by atoms with Crippen molar-refractivity contribution in [2.24, 2.45) is 0 Å². The Morgan fingerprint density at radius 3 is 2.35 bits per heavy atom. The normalized spacial score (nSPS) is 15.7. The molecule has 0 bridgehead atoms. The minimum absolute atomic E-state index is 0.0278. The van der Waals surface area contributed by atoms with E-state index in [0.29, 0.717) is 11.3 Å². The van der Waals surface area contributed by atoms with Gasteiger partial charge in [-0.25, -0.2) is 8.42 Å². The van der Waals surface area contributed by atoms with Crippen LogP contribution in [0.4, 0.5) is 18.9 Å². The molecule has 11 heteroatoms. The van der Waals surface area contributed by atoms with Crippen LogP contribution in [0.2, 0.25) is 0 Å². The number of piperazine rings is 1. The lowest BCUT2D eigenvalue weighted by Crippen LogP contribution is -2.50. The highest BCUT2D eigenvalue weighted by Crippen LogP contribution is 2.32. The molecular weight excluding hydrogens is 546 g/mol. The topological polar surface area (TPSA) is 69.7 Å². The Kier molecular flexibility index (Phi) is 7.47. The Morgan fingerprint density at radius 1 is 1.03 bits per heavy atom. The number of rotatable bonds is 6. The Labute approximate surface area is 192 Å². The van der Waals surface area contributed by atoms with E-state index in [9.17, 15) is 26.4 Å².